The molecule has 6 heteroatoms. The van der Waals surface area contributed by atoms with Gasteiger partial charge in [-0.1, -0.05) is 36.4 Å². The zero-order valence-electron chi connectivity index (χ0n) is 13.7. The number of benzene rings is 2. The van der Waals surface area contributed by atoms with Crippen LogP contribution >= 0.6 is 0 Å². The number of anilines is 4. The van der Waals surface area contributed by atoms with Crippen molar-refractivity contribution in [2.24, 2.45) is 0 Å². The zero-order chi connectivity index (χ0) is 17.1. The molecule has 1 N–H and O–H groups in total. The van der Waals surface area contributed by atoms with Gasteiger partial charge in [0.2, 0.25) is 0 Å². The van der Waals surface area contributed by atoms with Crippen LogP contribution in [0.15, 0.2) is 73.1 Å². The summed E-state index contributed by atoms with van der Waals surface area (Å²) in [4.78, 5) is 10.9. The van der Waals surface area contributed by atoms with Gasteiger partial charge >= 0.3 is 0 Å². The fourth-order valence-electron chi connectivity index (χ4n) is 2.61. The molecule has 122 valence electrons. The molecule has 0 aliphatic carbocycles. The SMILES string of the molecule is CN(c1ccccc1)c1nncc(Nc2cccc3cccnc23)n1. The van der Waals surface area contributed by atoms with Crippen molar-refractivity contribution in [3.05, 3.63) is 73.1 Å². The lowest BCUT2D eigenvalue weighted by atomic mass is 10.2. The molecule has 2 aromatic carbocycles. The summed E-state index contributed by atoms with van der Waals surface area (Å²) in [6.07, 6.45) is 3.38. The maximum absolute atomic E-state index is 4.56. The summed E-state index contributed by atoms with van der Waals surface area (Å²) in [5, 5.41) is 12.6. The maximum Gasteiger partial charge on any atom is 0.251 e. The van der Waals surface area contributed by atoms with Gasteiger partial charge in [0.05, 0.1) is 17.4 Å². The second kappa shape index (κ2) is 6.52. The van der Waals surface area contributed by atoms with E-state index in [-0.39, 0.29) is 0 Å². The van der Waals surface area contributed by atoms with E-state index in [1.165, 1.54) is 0 Å². The number of nitrogens with one attached hydrogen (secondary N) is 1. The lowest BCUT2D eigenvalue weighted by molar-refractivity contribution is 0.932. The van der Waals surface area contributed by atoms with Crippen molar-refractivity contribution in [3.8, 4) is 0 Å². The number of hydrogen-bond acceptors (Lipinski definition) is 6. The molecule has 4 aromatic rings. The predicted octanol–water partition coefficient (Wildman–Crippen LogP) is 3.93. The molecular formula is C19H16N6. The first-order chi connectivity index (χ1) is 12.3. The third kappa shape index (κ3) is 3.10. The molecule has 0 amide bonds. The van der Waals surface area contributed by atoms with Gasteiger partial charge in [0.1, 0.15) is 0 Å². The number of nitrogens with zero attached hydrogens (tertiary/aromatic N) is 5. The quantitative estimate of drug-likeness (QED) is 0.612. The number of hydrogen-bond donors (Lipinski definition) is 1. The van der Waals surface area contributed by atoms with Crippen molar-refractivity contribution in [1.29, 1.82) is 0 Å². The smallest absolute Gasteiger partial charge is 0.251 e. The highest BCUT2D eigenvalue weighted by molar-refractivity contribution is 5.91. The Balaban J connectivity index is 1.66. The van der Waals surface area contributed by atoms with Crippen molar-refractivity contribution in [3.63, 3.8) is 0 Å². The number of rotatable bonds is 4. The van der Waals surface area contributed by atoms with Crippen molar-refractivity contribution < 1.29 is 0 Å². The van der Waals surface area contributed by atoms with Crippen molar-refractivity contribution in [2.45, 2.75) is 0 Å². The van der Waals surface area contributed by atoms with E-state index in [2.05, 4.69) is 25.5 Å². The van der Waals surface area contributed by atoms with Gasteiger partial charge in [-0.2, -0.15) is 10.1 Å². The van der Waals surface area contributed by atoms with E-state index in [4.69, 9.17) is 0 Å². The van der Waals surface area contributed by atoms with E-state index >= 15 is 0 Å². The number of pyridine rings is 1. The van der Waals surface area contributed by atoms with Crippen LogP contribution in [0.2, 0.25) is 0 Å². The monoisotopic (exact) mass is 328 g/mol. The van der Waals surface area contributed by atoms with Crippen LogP contribution in [0.5, 0.6) is 0 Å². The highest BCUT2D eigenvalue weighted by Crippen LogP contribution is 2.25. The number of para-hydroxylation sites is 2. The second-order valence-corrected chi connectivity index (χ2v) is 5.54. The average Bonchev–Trinajstić information content (AvgIpc) is 2.69. The Morgan fingerprint density at radius 2 is 1.76 bits per heavy atom. The normalized spacial score (nSPS) is 10.6. The van der Waals surface area contributed by atoms with Gasteiger partial charge in [-0.15, -0.1) is 5.10 Å². The molecule has 0 aliphatic rings. The van der Waals surface area contributed by atoms with E-state index in [0.717, 1.165) is 22.3 Å². The molecule has 25 heavy (non-hydrogen) atoms. The summed E-state index contributed by atoms with van der Waals surface area (Å²) in [6, 6.07) is 19.9. The molecule has 4 rings (SSSR count). The van der Waals surface area contributed by atoms with E-state index in [1.807, 2.05) is 72.6 Å². The molecule has 0 spiro atoms. The largest absolute Gasteiger partial charge is 0.337 e. The van der Waals surface area contributed by atoms with Crippen LogP contribution in [0.4, 0.5) is 23.1 Å². The van der Waals surface area contributed by atoms with E-state index in [9.17, 15) is 0 Å². The highest BCUT2D eigenvalue weighted by atomic mass is 15.3. The van der Waals surface area contributed by atoms with Crippen LogP contribution in [-0.4, -0.2) is 27.2 Å². The minimum Gasteiger partial charge on any atom is -0.337 e. The predicted molar refractivity (Wildman–Crippen MR) is 99.4 cm³/mol. The van der Waals surface area contributed by atoms with Gasteiger partial charge in [-0.25, -0.2) is 0 Å². The van der Waals surface area contributed by atoms with E-state index in [0.29, 0.717) is 11.8 Å². The van der Waals surface area contributed by atoms with Gasteiger partial charge < -0.3 is 10.2 Å². The molecule has 0 radical (unpaired) electrons. The van der Waals surface area contributed by atoms with Crippen molar-refractivity contribution >= 4 is 34.0 Å². The maximum atomic E-state index is 4.56. The molecule has 6 nitrogen and oxygen atoms in total. The Morgan fingerprint density at radius 1 is 0.920 bits per heavy atom. The average molecular weight is 328 g/mol. The lowest BCUT2D eigenvalue weighted by Crippen LogP contribution is -2.14. The lowest BCUT2D eigenvalue weighted by Gasteiger charge is -2.17. The van der Waals surface area contributed by atoms with E-state index < -0.39 is 0 Å². The summed E-state index contributed by atoms with van der Waals surface area (Å²) < 4.78 is 0. The standard InChI is InChI=1S/C19H16N6/c1-25(15-9-3-2-4-10-15)19-23-17(13-21-24-19)22-16-11-5-7-14-8-6-12-20-18(14)16/h2-13H,1H3,(H,22,23,24). The minimum atomic E-state index is 0.518. The molecule has 0 unspecified atom stereocenters. The van der Waals surface area contributed by atoms with Crippen LogP contribution < -0.4 is 10.2 Å². The van der Waals surface area contributed by atoms with Crippen LogP contribution in [0, 0.1) is 0 Å². The first-order valence-corrected chi connectivity index (χ1v) is 7.90. The first kappa shape index (κ1) is 15.0. The van der Waals surface area contributed by atoms with Gasteiger partial charge in [0.25, 0.3) is 5.95 Å². The van der Waals surface area contributed by atoms with E-state index in [1.54, 1.807) is 12.4 Å². The van der Waals surface area contributed by atoms with Gasteiger partial charge in [-0.05, 0) is 24.3 Å². The number of fused-ring (bicyclic) bond motifs is 1. The molecule has 0 aliphatic heterocycles. The fourth-order valence-corrected chi connectivity index (χ4v) is 2.61. The molecular weight excluding hydrogens is 312 g/mol. The second-order valence-electron chi connectivity index (χ2n) is 5.54. The topological polar surface area (TPSA) is 66.8 Å². The minimum absolute atomic E-state index is 0.518. The van der Waals surface area contributed by atoms with Gasteiger partial charge in [0, 0.05) is 24.3 Å². The van der Waals surface area contributed by atoms with Crippen molar-refractivity contribution in [2.75, 3.05) is 17.3 Å². The Bertz CT molecular complexity index is 997. The Hall–Kier alpha value is -3.54. The highest BCUT2D eigenvalue weighted by Gasteiger charge is 2.09. The molecule has 2 heterocycles. The van der Waals surface area contributed by atoms with Gasteiger partial charge in [0.15, 0.2) is 5.82 Å². The third-order valence-corrected chi connectivity index (χ3v) is 3.89. The van der Waals surface area contributed by atoms with Crippen LogP contribution in [0.25, 0.3) is 10.9 Å². The Labute approximate surface area is 145 Å². The molecule has 0 saturated carbocycles. The van der Waals surface area contributed by atoms with Crippen LogP contribution in [0.1, 0.15) is 0 Å². The summed E-state index contributed by atoms with van der Waals surface area (Å²) >= 11 is 0. The van der Waals surface area contributed by atoms with Crippen LogP contribution in [-0.2, 0) is 0 Å². The van der Waals surface area contributed by atoms with Crippen LogP contribution in [0.3, 0.4) is 0 Å². The summed E-state index contributed by atoms with van der Waals surface area (Å²) in [6.45, 7) is 0. The molecule has 0 atom stereocenters. The Morgan fingerprint density at radius 3 is 2.64 bits per heavy atom. The molecule has 2 aromatic heterocycles. The third-order valence-electron chi connectivity index (χ3n) is 3.89. The molecule has 0 bridgehead atoms. The summed E-state index contributed by atoms with van der Waals surface area (Å²) in [5.41, 5.74) is 2.77. The molecule has 0 saturated heterocycles. The number of aromatic nitrogens is 4. The van der Waals surface area contributed by atoms with Crippen molar-refractivity contribution in [1.82, 2.24) is 20.2 Å². The first-order valence-electron chi connectivity index (χ1n) is 7.90. The fraction of sp³-hybridized carbons (Fsp3) is 0.0526. The zero-order valence-corrected chi connectivity index (χ0v) is 13.7. The Kier molecular flexibility index (Phi) is 3.92. The van der Waals surface area contributed by atoms with Gasteiger partial charge in [-0.3, -0.25) is 4.98 Å². The summed E-state index contributed by atoms with van der Waals surface area (Å²) in [5.74, 6) is 1.13. The molecule has 0 fully saturated rings. The summed E-state index contributed by atoms with van der Waals surface area (Å²) in [7, 11) is 1.91.